The number of carbonyl (C=O) groups excluding carboxylic acids is 2. The first kappa shape index (κ1) is 23.7. The molecule has 1 amide bonds. The van der Waals surface area contributed by atoms with Gasteiger partial charge in [0.15, 0.2) is 5.78 Å². The number of alkyl carbamates (subject to hydrolysis) is 1. The summed E-state index contributed by atoms with van der Waals surface area (Å²) in [7, 11) is 0. The highest BCUT2D eigenvalue weighted by Crippen LogP contribution is 2.36. The molecule has 8 nitrogen and oxygen atoms in total. The number of aliphatic imine (C=N–C) groups is 1. The maximum atomic E-state index is 12.3. The third-order valence-electron chi connectivity index (χ3n) is 4.20. The fourth-order valence-electron chi connectivity index (χ4n) is 3.03. The van der Waals surface area contributed by atoms with E-state index in [2.05, 4.69) is 10.3 Å². The van der Waals surface area contributed by atoms with Gasteiger partial charge in [0.05, 0.1) is 5.57 Å². The van der Waals surface area contributed by atoms with Crippen molar-refractivity contribution >= 4 is 23.6 Å². The van der Waals surface area contributed by atoms with E-state index in [4.69, 9.17) is 4.74 Å². The number of ether oxygens (including phenoxy) is 1. The lowest BCUT2D eigenvalue weighted by atomic mass is 9.76. The van der Waals surface area contributed by atoms with Gasteiger partial charge in [-0.3, -0.25) is 9.79 Å². The van der Waals surface area contributed by atoms with Crippen molar-refractivity contribution in [1.82, 2.24) is 5.32 Å². The predicted molar refractivity (Wildman–Crippen MR) is 106 cm³/mol. The van der Waals surface area contributed by atoms with Gasteiger partial charge in [-0.25, -0.2) is 9.59 Å². The van der Waals surface area contributed by atoms with Gasteiger partial charge in [-0.05, 0) is 46.0 Å². The molecule has 0 unspecified atom stereocenters. The third-order valence-corrected chi connectivity index (χ3v) is 4.20. The number of hydrogen-bond acceptors (Lipinski definition) is 6. The third kappa shape index (κ3) is 7.70. The summed E-state index contributed by atoms with van der Waals surface area (Å²) in [6.07, 6.45) is 0.530. The number of Topliss-reactive ketones (excluding diaryl/α,β-unsaturated/α-hetero) is 1. The van der Waals surface area contributed by atoms with E-state index in [-0.39, 0.29) is 35.5 Å². The van der Waals surface area contributed by atoms with E-state index >= 15 is 0 Å². The minimum Gasteiger partial charge on any atom is -0.511 e. The van der Waals surface area contributed by atoms with Crippen LogP contribution in [0.5, 0.6) is 0 Å². The van der Waals surface area contributed by atoms with Crippen LogP contribution in [0.1, 0.15) is 67.2 Å². The number of nitrogens with zero attached hydrogens (tertiary/aromatic N) is 1. The number of carboxylic acids is 1. The summed E-state index contributed by atoms with van der Waals surface area (Å²) < 4.78 is 5.07. The first-order valence-corrected chi connectivity index (χ1v) is 9.41. The minimum atomic E-state index is -1.16. The summed E-state index contributed by atoms with van der Waals surface area (Å²) in [5, 5.41) is 21.8. The Bertz CT molecular complexity index is 685. The fourth-order valence-corrected chi connectivity index (χ4v) is 3.03. The molecular weight excluding hydrogens is 364 g/mol. The monoisotopic (exact) mass is 396 g/mol. The van der Waals surface area contributed by atoms with Crippen molar-refractivity contribution in [2.75, 3.05) is 6.54 Å². The van der Waals surface area contributed by atoms with Gasteiger partial charge in [0, 0.05) is 25.1 Å². The van der Waals surface area contributed by atoms with Crippen LogP contribution in [0.3, 0.4) is 0 Å². The number of nitrogens with one attached hydrogen (secondary N) is 1. The van der Waals surface area contributed by atoms with Crippen LogP contribution in [-0.4, -0.2) is 52.0 Å². The van der Waals surface area contributed by atoms with E-state index in [9.17, 15) is 24.6 Å². The molecule has 0 aromatic carbocycles. The maximum absolute atomic E-state index is 12.3. The Hall–Kier alpha value is -2.38. The molecular formula is C20H32N2O6. The van der Waals surface area contributed by atoms with Gasteiger partial charge in [-0.1, -0.05) is 13.8 Å². The number of amides is 1. The Balaban J connectivity index is 2.64. The molecule has 0 fully saturated rings. The number of allylic oxidation sites excluding steroid dienone is 2. The zero-order valence-electron chi connectivity index (χ0n) is 17.6. The second-order valence-electron chi connectivity index (χ2n) is 8.91. The van der Waals surface area contributed by atoms with Crippen molar-refractivity contribution in [3.8, 4) is 0 Å². The van der Waals surface area contributed by atoms with Gasteiger partial charge < -0.3 is 20.3 Å². The van der Waals surface area contributed by atoms with E-state index in [1.54, 1.807) is 27.7 Å². The Kier molecular flexibility index (Phi) is 7.78. The number of carboxylic acid groups (broad SMARTS) is 1. The van der Waals surface area contributed by atoms with Gasteiger partial charge in [-0.15, -0.1) is 0 Å². The first-order valence-electron chi connectivity index (χ1n) is 9.41. The molecule has 0 saturated heterocycles. The van der Waals surface area contributed by atoms with Crippen molar-refractivity contribution in [3.05, 3.63) is 11.3 Å². The lowest BCUT2D eigenvalue weighted by molar-refractivity contribution is -0.139. The topological polar surface area (TPSA) is 125 Å². The largest absolute Gasteiger partial charge is 0.511 e. The zero-order valence-corrected chi connectivity index (χ0v) is 17.6. The zero-order chi connectivity index (χ0) is 21.7. The Morgan fingerprint density at radius 3 is 2.39 bits per heavy atom. The van der Waals surface area contributed by atoms with Crippen LogP contribution in [0.2, 0.25) is 0 Å². The molecule has 8 heteroatoms. The summed E-state index contributed by atoms with van der Waals surface area (Å²) in [4.78, 5) is 39.7. The number of carbonyl (C=O) groups is 3. The van der Waals surface area contributed by atoms with Crippen molar-refractivity contribution in [1.29, 1.82) is 0 Å². The molecule has 0 heterocycles. The van der Waals surface area contributed by atoms with Gasteiger partial charge in [0.1, 0.15) is 17.4 Å². The maximum Gasteiger partial charge on any atom is 0.408 e. The molecule has 0 radical (unpaired) electrons. The number of aliphatic hydroxyl groups is 1. The molecule has 1 rings (SSSR count). The highest BCUT2D eigenvalue weighted by atomic mass is 16.6. The molecule has 1 atom stereocenters. The fraction of sp³-hybridized carbons (Fsp3) is 0.700. The minimum absolute atomic E-state index is 0.0532. The number of hydrogen-bond donors (Lipinski definition) is 3. The lowest BCUT2D eigenvalue weighted by Crippen LogP contribution is -2.43. The highest BCUT2D eigenvalue weighted by Gasteiger charge is 2.34. The Labute approximate surface area is 166 Å². The number of rotatable bonds is 7. The summed E-state index contributed by atoms with van der Waals surface area (Å²) in [6.45, 7) is 10.9. The van der Waals surface area contributed by atoms with E-state index in [1.807, 2.05) is 13.8 Å². The molecule has 0 aliphatic heterocycles. The van der Waals surface area contributed by atoms with E-state index in [0.717, 1.165) is 0 Å². The van der Waals surface area contributed by atoms with Crippen LogP contribution < -0.4 is 5.32 Å². The lowest BCUT2D eigenvalue weighted by Gasteiger charge is -2.29. The molecule has 1 aliphatic carbocycles. The molecule has 0 aromatic rings. The van der Waals surface area contributed by atoms with Crippen LogP contribution in [0.4, 0.5) is 4.79 Å². The Morgan fingerprint density at radius 2 is 1.89 bits per heavy atom. The summed E-state index contributed by atoms with van der Waals surface area (Å²) in [5.41, 5.74) is -0.274. The molecule has 0 spiro atoms. The van der Waals surface area contributed by atoms with Crippen molar-refractivity contribution < 1.29 is 29.3 Å². The molecule has 3 N–H and O–H groups in total. The molecule has 28 heavy (non-hydrogen) atoms. The Morgan fingerprint density at radius 1 is 1.29 bits per heavy atom. The van der Waals surface area contributed by atoms with E-state index in [0.29, 0.717) is 25.0 Å². The first-order chi connectivity index (χ1) is 12.7. The van der Waals surface area contributed by atoms with Crippen LogP contribution >= 0.6 is 0 Å². The normalized spacial score (nSPS) is 18.6. The van der Waals surface area contributed by atoms with Gasteiger partial charge >= 0.3 is 12.1 Å². The average Bonchev–Trinajstić information content (AvgIpc) is 2.45. The molecule has 0 aromatic heterocycles. The standard InChI is InChI=1S/C20H32N2O6/c1-12(16-14(23)10-20(5,6)11-15(16)24)21-9-7-8-13(17(25)26)22-18(27)28-19(2,3)4/h13,23H,7-11H2,1-6H3,(H,22,27)(H,25,26)/t13-/m1/s1. The van der Waals surface area contributed by atoms with Gasteiger partial charge in [0.2, 0.25) is 0 Å². The van der Waals surface area contributed by atoms with Crippen LogP contribution in [0.15, 0.2) is 16.3 Å². The van der Waals surface area contributed by atoms with E-state index in [1.165, 1.54) is 0 Å². The van der Waals surface area contributed by atoms with Crippen molar-refractivity contribution in [2.24, 2.45) is 10.4 Å². The molecule has 0 saturated carbocycles. The van der Waals surface area contributed by atoms with Crippen molar-refractivity contribution in [3.63, 3.8) is 0 Å². The number of aliphatic carboxylic acids is 1. The van der Waals surface area contributed by atoms with Crippen LogP contribution in [-0.2, 0) is 14.3 Å². The summed E-state index contributed by atoms with van der Waals surface area (Å²) in [5.74, 6) is -1.24. The molecule has 158 valence electrons. The summed E-state index contributed by atoms with van der Waals surface area (Å²) >= 11 is 0. The highest BCUT2D eigenvalue weighted by molar-refractivity contribution is 6.22. The van der Waals surface area contributed by atoms with Gasteiger partial charge in [0.25, 0.3) is 0 Å². The SMILES string of the molecule is CC(=NCCC[C@@H](NC(=O)OC(C)(C)C)C(=O)O)C1=C(O)CC(C)(C)CC1=O. The predicted octanol–water partition coefficient (Wildman–Crippen LogP) is 3.41. The van der Waals surface area contributed by atoms with Gasteiger partial charge in [-0.2, -0.15) is 0 Å². The average molecular weight is 396 g/mol. The number of aliphatic hydroxyl groups excluding tert-OH is 1. The second kappa shape index (κ2) is 9.21. The molecule has 1 aliphatic rings. The number of ketones is 1. The summed E-state index contributed by atoms with van der Waals surface area (Å²) in [6, 6.07) is -1.09. The van der Waals surface area contributed by atoms with Crippen molar-refractivity contribution in [2.45, 2.75) is 78.9 Å². The van der Waals surface area contributed by atoms with Crippen LogP contribution in [0, 0.1) is 5.41 Å². The van der Waals surface area contributed by atoms with E-state index < -0.39 is 23.7 Å². The quantitative estimate of drug-likeness (QED) is 0.447. The second-order valence-corrected chi connectivity index (χ2v) is 8.91. The molecule has 0 bridgehead atoms. The smallest absolute Gasteiger partial charge is 0.408 e. The van der Waals surface area contributed by atoms with Crippen LogP contribution in [0.25, 0.3) is 0 Å².